The van der Waals surface area contributed by atoms with Crippen LogP contribution in [0.25, 0.3) is 0 Å². The van der Waals surface area contributed by atoms with E-state index >= 15 is 0 Å². The van der Waals surface area contributed by atoms with E-state index < -0.39 is 0 Å². The molecule has 1 fully saturated rings. The highest BCUT2D eigenvalue weighted by molar-refractivity contribution is 5.57. The maximum Gasteiger partial charge on any atom is 0.142 e. The van der Waals surface area contributed by atoms with Gasteiger partial charge in [0.2, 0.25) is 0 Å². The molecule has 4 nitrogen and oxygen atoms in total. The first kappa shape index (κ1) is 15.1. The third-order valence-corrected chi connectivity index (χ3v) is 3.52. The van der Waals surface area contributed by atoms with Crippen LogP contribution < -0.4 is 10.1 Å². The Morgan fingerprint density at radius 1 is 1.30 bits per heavy atom. The lowest BCUT2D eigenvalue weighted by Gasteiger charge is -2.17. The van der Waals surface area contributed by atoms with Crippen LogP contribution in [-0.2, 0) is 9.47 Å². The molecule has 1 heterocycles. The Morgan fingerprint density at radius 3 is 2.85 bits per heavy atom. The Labute approximate surface area is 121 Å². The summed E-state index contributed by atoms with van der Waals surface area (Å²) in [7, 11) is 1.68. The van der Waals surface area contributed by atoms with Gasteiger partial charge < -0.3 is 19.5 Å². The monoisotopic (exact) mass is 279 g/mol. The van der Waals surface area contributed by atoms with Crippen molar-refractivity contribution < 1.29 is 14.2 Å². The van der Waals surface area contributed by atoms with Gasteiger partial charge in [0.05, 0.1) is 24.5 Å². The van der Waals surface area contributed by atoms with Gasteiger partial charge in [0.1, 0.15) is 12.4 Å². The fourth-order valence-electron chi connectivity index (χ4n) is 2.39. The van der Waals surface area contributed by atoms with E-state index in [-0.39, 0.29) is 0 Å². The quantitative estimate of drug-likeness (QED) is 0.779. The highest BCUT2D eigenvalue weighted by Crippen LogP contribution is 2.27. The maximum absolute atomic E-state index is 5.82. The highest BCUT2D eigenvalue weighted by atomic mass is 16.5. The number of benzene rings is 1. The molecule has 2 atom stereocenters. The Kier molecular flexibility index (Phi) is 5.68. The van der Waals surface area contributed by atoms with Crippen LogP contribution in [0.3, 0.4) is 0 Å². The molecule has 0 saturated carbocycles. The van der Waals surface area contributed by atoms with Crippen molar-refractivity contribution in [1.82, 2.24) is 0 Å². The molecule has 2 unspecified atom stereocenters. The van der Waals surface area contributed by atoms with E-state index in [0.29, 0.717) is 25.4 Å². The molecule has 0 aliphatic carbocycles. The lowest BCUT2D eigenvalue weighted by atomic mass is 10.2. The van der Waals surface area contributed by atoms with Crippen molar-refractivity contribution in [3.8, 4) is 5.75 Å². The normalized spacial score (nSPS) is 21.9. The average Bonchev–Trinajstić information content (AvgIpc) is 2.84. The molecule has 1 aliphatic rings. The van der Waals surface area contributed by atoms with Crippen LogP contribution in [0.15, 0.2) is 18.2 Å². The molecule has 112 valence electrons. The molecule has 20 heavy (non-hydrogen) atoms. The van der Waals surface area contributed by atoms with Gasteiger partial charge in [-0.25, -0.2) is 0 Å². The van der Waals surface area contributed by atoms with E-state index in [1.165, 1.54) is 5.56 Å². The predicted octanol–water partition coefficient (Wildman–Crippen LogP) is 3.00. The minimum Gasteiger partial charge on any atom is -0.489 e. The zero-order chi connectivity index (χ0) is 14.4. The second kappa shape index (κ2) is 7.50. The Balaban J connectivity index is 1.91. The summed E-state index contributed by atoms with van der Waals surface area (Å²) < 4.78 is 16.6. The van der Waals surface area contributed by atoms with Crippen LogP contribution in [0.1, 0.15) is 25.3 Å². The van der Waals surface area contributed by atoms with E-state index in [4.69, 9.17) is 14.2 Å². The van der Waals surface area contributed by atoms with Gasteiger partial charge >= 0.3 is 0 Å². The number of methoxy groups -OCH3 is 1. The molecule has 0 bridgehead atoms. The van der Waals surface area contributed by atoms with Gasteiger partial charge in [0.25, 0.3) is 0 Å². The molecule has 1 aromatic rings. The van der Waals surface area contributed by atoms with Gasteiger partial charge in [-0.2, -0.15) is 0 Å². The lowest BCUT2D eigenvalue weighted by molar-refractivity contribution is 0.0636. The summed E-state index contributed by atoms with van der Waals surface area (Å²) in [5, 5.41) is 3.44. The zero-order valence-corrected chi connectivity index (χ0v) is 12.6. The molecule has 0 amide bonds. The zero-order valence-electron chi connectivity index (χ0n) is 12.6. The molecule has 4 heteroatoms. The highest BCUT2D eigenvalue weighted by Gasteiger charge is 2.21. The molecular weight excluding hydrogens is 254 g/mol. The van der Waals surface area contributed by atoms with Crippen LogP contribution >= 0.6 is 0 Å². The molecule has 0 aromatic heterocycles. The van der Waals surface area contributed by atoms with Crippen molar-refractivity contribution in [1.29, 1.82) is 0 Å². The van der Waals surface area contributed by atoms with Gasteiger partial charge in [-0.3, -0.25) is 0 Å². The summed E-state index contributed by atoms with van der Waals surface area (Å²) in [6.45, 7) is 6.18. The smallest absolute Gasteiger partial charge is 0.142 e. The van der Waals surface area contributed by atoms with E-state index in [0.717, 1.165) is 30.8 Å². The van der Waals surface area contributed by atoms with Crippen molar-refractivity contribution in [3.05, 3.63) is 23.8 Å². The van der Waals surface area contributed by atoms with Crippen molar-refractivity contribution in [2.75, 3.05) is 32.2 Å². The molecule has 1 aliphatic heterocycles. The summed E-state index contributed by atoms with van der Waals surface area (Å²) in [6, 6.07) is 6.20. The lowest BCUT2D eigenvalue weighted by Crippen LogP contribution is -2.20. The Morgan fingerprint density at radius 2 is 2.15 bits per heavy atom. The maximum atomic E-state index is 5.82. The number of anilines is 1. The van der Waals surface area contributed by atoms with Crippen LogP contribution in [-0.4, -0.2) is 39.1 Å². The van der Waals surface area contributed by atoms with E-state index in [1.54, 1.807) is 7.11 Å². The fourth-order valence-corrected chi connectivity index (χ4v) is 2.39. The summed E-state index contributed by atoms with van der Waals surface area (Å²) in [6.07, 6.45) is 2.97. The Hall–Kier alpha value is -1.26. The van der Waals surface area contributed by atoms with E-state index in [2.05, 4.69) is 37.4 Å². The van der Waals surface area contributed by atoms with E-state index in [1.807, 2.05) is 0 Å². The van der Waals surface area contributed by atoms with Gasteiger partial charge in [-0.15, -0.1) is 0 Å². The van der Waals surface area contributed by atoms with Crippen LogP contribution in [0.2, 0.25) is 0 Å². The molecule has 1 aromatic carbocycles. The number of hydrogen-bond donors (Lipinski definition) is 1. The third kappa shape index (κ3) is 4.39. The largest absolute Gasteiger partial charge is 0.489 e. The molecular formula is C16H25NO3. The molecule has 1 N–H and O–H groups in total. The van der Waals surface area contributed by atoms with Crippen molar-refractivity contribution >= 4 is 5.69 Å². The first-order valence-electron chi connectivity index (χ1n) is 7.30. The number of rotatable bonds is 7. The molecule has 2 rings (SSSR count). The number of hydrogen-bond acceptors (Lipinski definition) is 4. The topological polar surface area (TPSA) is 39.7 Å². The SMILES string of the molecule is COCCOc1cc(C)ccc1NCC1CCC(C)O1. The molecule has 0 spiro atoms. The fraction of sp³-hybridized carbons (Fsp3) is 0.625. The third-order valence-electron chi connectivity index (χ3n) is 3.52. The van der Waals surface area contributed by atoms with Crippen molar-refractivity contribution in [3.63, 3.8) is 0 Å². The second-order valence-corrected chi connectivity index (χ2v) is 5.37. The first-order valence-corrected chi connectivity index (χ1v) is 7.30. The van der Waals surface area contributed by atoms with Gasteiger partial charge in [0.15, 0.2) is 0 Å². The number of ether oxygens (including phenoxy) is 3. The summed E-state index contributed by atoms with van der Waals surface area (Å²) in [4.78, 5) is 0. The average molecular weight is 279 g/mol. The predicted molar refractivity (Wildman–Crippen MR) is 80.6 cm³/mol. The summed E-state index contributed by atoms with van der Waals surface area (Å²) in [5.74, 6) is 0.882. The van der Waals surface area contributed by atoms with Crippen molar-refractivity contribution in [2.24, 2.45) is 0 Å². The standard InChI is InChI=1S/C16H25NO3/c1-12-4-7-15(16(10-12)19-9-8-18-3)17-11-14-6-5-13(2)20-14/h4,7,10,13-14,17H,5-6,8-9,11H2,1-3H3. The van der Waals surface area contributed by atoms with Gasteiger partial charge in [0, 0.05) is 13.7 Å². The summed E-state index contributed by atoms with van der Waals surface area (Å²) in [5.41, 5.74) is 2.21. The minimum absolute atomic E-state index is 0.304. The first-order chi connectivity index (χ1) is 9.69. The molecule has 1 saturated heterocycles. The summed E-state index contributed by atoms with van der Waals surface area (Å²) >= 11 is 0. The second-order valence-electron chi connectivity index (χ2n) is 5.37. The Bertz CT molecular complexity index is 422. The number of nitrogens with one attached hydrogen (secondary N) is 1. The van der Waals surface area contributed by atoms with Crippen LogP contribution in [0.4, 0.5) is 5.69 Å². The van der Waals surface area contributed by atoms with E-state index in [9.17, 15) is 0 Å². The number of aryl methyl sites for hydroxylation is 1. The van der Waals surface area contributed by atoms with Gasteiger partial charge in [-0.1, -0.05) is 6.07 Å². The van der Waals surface area contributed by atoms with Crippen LogP contribution in [0.5, 0.6) is 5.75 Å². The van der Waals surface area contributed by atoms with Crippen LogP contribution in [0, 0.1) is 6.92 Å². The molecule has 0 radical (unpaired) electrons. The van der Waals surface area contributed by atoms with Crippen molar-refractivity contribution in [2.45, 2.75) is 38.9 Å². The van der Waals surface area contributed by atoms with Gasteiger partial charge in [-0.05, 0) is 44.4 Å². The minimum atomic E-state index is 0.304.